The number of thioether (sulfide) groups is 1. The van der Waals surface area contributed by atoms with E-state index >= 15 is 0 Å². The summed E-state index contributed by atoms with van der Waals surface area (Å²) in [5.41, 5.74) is 2.35. The number of aryl methyl sites for hydroxylation is 1. The van der Waals surface area contributed by atoms with E-state index in [2.05, 4.69) is 0 Å². The molecule has 0 spiro atoms. The Bertz CT molecular complexity index is 892. The first-order valence-electron chi connectivity index (χ1n) is 8.74. The van der Waals surface area contributed by atoms with Crippen molar-refractivity contribution in [2.75, 3.05) is 19.1 Å². The first kappa shape index (κ1) is 19.9. The average Bonchev–Trinajstić information content (AvgIpc) is 2.95. The number of esters is 1. The lowest BCUT2D eigenvalue weighted by molar-refractivity contribution is -0.148. The van der Waals surface area contributed by atoms with E-state index in [9.17, 15) is 14.4 Å². The first-order valence-corrected chi connectivity index (χ1v) is 10.1. The van der Waals surface area contributed by atoms with Gasteiger partial charge in [0.25, 0.3) is 11.8 Å². The molecule has 0 aromatic heterocycles. The summed E-state index contributed by atoms with van der Waals surface area (Å²) in [5.74, 6) is -0.683. The van der Waals surface area contributed by atoms with Crippen LogP contribution < -0.4 is 4.74 Å². The number of amides is 2. The standard InChI is InChI=1S/C21H21NO5S/c1-13-8-9-18(26-2)14(10-13)11-27-21(25)17(12-28-3)22-19(23)15-6-4-5-7-16(15)20(22)24/h4-10,17H,11-12H2,1-3H3/t17-/m1/s1. The predicted molar refractivity (Wildman–Crippen MR) is 107 cm³/mol. The van der Waals surface area contributed by atoms with Crippen LogP contribution in [0.2, 0.25) is 0 Å². The summed E-state index contributed by atoms with van der Waals surface area (Å²) in [7, 11) is 1.55. The zero-order valence-electron chi connectivity index (χ0n) is 15.9. The molecule has 2 aromatic rings. The molecular formula is C21H21NO5S. The Morgan fingerprint density at radius 3 is 2.32 bits per heavy atom. The van der Waals surface area contributed by atoms with Crippen LogP contribution in [0.1, 0.15) is 31.8 Å². The minimum absolute atomic E-state index is 0.00225. The first-order chi connectivity index (χ1) is 13.5. The van der Waals surface area contributed by atoms with Gasteiger partial charge in [-0.05, 0) is 37.4 Å². The van der Waals surface area contributed by atoms with Crippen LogP contribution in [0.3, 0.4) is 0 Å². The average molecular weight is 399 g/mol. The van der Waals surface area contributed by atoms with Gasteiger partial charge in [-0.3, -0.25) is 14.5 Å². The summed E-state index contributed by atoms with van der Waals surface area (Å²) < 4.78 is 10.8. The fraction of sp³-hybridized carbons (Fsp3) is 0.286. The van der Waals surface area contributed by atoms with Gasteiger partial charge in [0, 0.05) is 11.3 Å². The Morgan fingerprint density at radius 2 is 1.75 bits per heavy atom. The third-order valence-corrected chi connectivity index (χ3v) is 5.19. The van der Waals surface area contributed by atoms with Crippen LogP contribution in [0.5, 0.6) is 5.75 Å². The van der Waals surface area contributed by atoms with E-state index < -0.39 is 23.8 Å². The molecule has 1 aliphatic heterocycles. The molecule has 1 heterocycles. The molecule has 0 bridgehead atoms. The summed E-state index contributed by atoms with van der Waals surface area (Å²) in [5, 5.41) is 0. The number of ether oxygens (including phenoxy) is 2. The highest BCUT2D eigenvalue weighted by Gasteiger charge is 2.43. The van der Waals surface area contributed by atoms with Crippen molar-refractivity contribution in [3.63, 3.8) is 0 Å². The maximum absolute atomic E-state index is 12.8. The number of imide groups is 1. The molecule has 0 fully saturated rings. The Labute approximate surface area is 167 Å². The van der Waals surface area contributed by atoms with E-state index in [1.54, 1.807) is 31.4 Å². The molecule has 1 aliphatic rings. The molecule has 0 unspecified atom stereocenters. The van der Waals surface area contributed by atoms with Crippen molar-refractivity contribution in [1.29, 1.82) is 0 Å². The zero-order valence-corrected chi connectivity index (χ0v) is 16.7. The summed E-state index contributed by atoms with van der Waals surface area (Å²) in [6.45, 7) is 1.93. The van der Waals surface area contributed by atoms with E-state index in [-0.39, 0.29) is 12.4 Å². The van der Waals surface area contributed by atoms with Crippen LogP contribution in [-0.4, -0.2) is 47.8 Å². The fourth-order valence-corrected chi connectivity index (χ4v) is 3.76. The third-order valence-electron chi connectivity index (χ3n) is 4.54. The lowest BCUT2D eigenvalue weighted by atomic mass is 10.1. The largest absolute Gasteiger partial charge is 0.496 e. The van der Waals surface area contributed by atoms with E-state index in [1.165, 1.54) is 11.8 Å². The Kier molecular flexibility index (Phi) is 6.04. The third kappa shape index (κ3) is 3.75. The molecule has 146 valence electrons. The van der Waals surface area contributed by atoms with Crippen molar-refractivity contribution in [3.05, 3.63) is 64.7 Å². The van der Waals surface area contributed by atoms with E-state index in [0.717, 1.165) is 16.0 Å². The number of fused-ring (bicyclic) bond motifs is 1. The van der Waals surface area contributed by atoms with Crippen molar-refractivity contribution in [2.45, 2.75) is 19.6 Å². The molecule has 7 heteroatoms. The van der Waals surface area contributed by atoms with Gasteiger partial charge >= 0.3 is 5.97 Å². The van der Waals surface area contributed by atoms with Gasteiger partial charge in [0.1, 0.15) is 18.4 Å². The lowest BCUT2D eigenvalue weighted by Gasteiger charge is -2.24. The van der Waals surface area contributed by atoms with Crippen LogP contribution in [0, 0.1) is 6.92 Å². The van der Waals surface area contributed by atoms with Crippen LogP contribution in [0.4, 0.5) is 0 Å². The number of benzene rings is 2. The van der Waals surface area contributed by atoms with Gasteiger partial charge in [-0.25, -0.2) is 4.79 Å². The summed E-state index contributed by atoms with van der Waals surface area (Å²) in [6, 6.07) is 11.2. The Hall–Kier alpha value is -2.80. The molecule has 6 nitrogen and oxygen atoms in total. The number of methoxy groups -OCH3 is 1. The highest BCUT2D eigenvalue weighted by molar-refractivity contribution is 7.98. The highest BCUT2D eigenvalue weighted by Crippen LogP contribution is 2.27. The molecule has 2 aromatic carbocycles. The van der Waals surface area contributed by atoms with Crippen molar-refractivity contribution in [2.24, 2.45) is 0 Å². The maximum atomic E-state index is 12.8. The van der Waals surface area contributed by atoms with Gasteiger partial charge in [0.05, 0.1) is 18.2 Å². The molecule has 0 radical (unpaired) electrons. The van der Waals surface area contributed by atoms with Gasteiger partial charge < -0.3 is 9.47 Å². The van der Waals surface area contributed by atoms with E-state index in [1.807, 2.05) is 31.4 Å². The quantitative estimate of drug-likeness (QED) is 0.526. The smallest absolute Gasteiger partial charge is 0.330 e. The second-order valence-electron chi connectivity index (χ2n) is 6.42. The molecule has 28 heavy (non-hydrogen) atoms. The van der Waals surface area contributed by atoms with Crippen molar-refractivity contribution in [1.82, 2.24) is 4.90 Å². The Balaban J connectivity index is 1.80. The predicted octanol–water partition coefficient (Wildman–Crippen LogP) is 3.07. The van der Waals surface area contributed by atoms with Gasteiger partial charge in [-0.1, -0.05) is 23.8 Å². The summed E-state index contributed by atoms with van der Waals surface area (Å²) in [4.78, 5) is 39.2. The van der Waals surface area contributed by atoms with Crippen LogP contribution >= 0.6 is 11.8 Å². The minimum Gasteiger partial charge on any atom is -0.496 e. The molecular weight excluding hydrogens is 378 g/mol. The second kappa shape index (κ2) is 8.48. The number of hydrogen-bond acceptors (Lipinski definition) is 6. The van der Waals surface area contributed by atoms with E-state index in [4.69, 9.17) is 9.47 Å². The van der Waals surface area contributed by atoms with E-state index in [0.29, 0.717) is 16.9 Å². The van der Waals surface area contributed by atoms with Crippen LogP contribution in [0.15, 0.2) is 42.5 Å². The lowest BCUT2D eigenvalue weighted by Crippen LogP contribution is -2.47. The van der Waals surface area contributed by atoms with Crippen LogP contribution in [-0.2, 0) is 16.1 Å². The molecule has 0 saturated heterocycles. The zero-order chi connectivity index (χ0) is 20.3. The second-order valence-corrected chi connectivity index (χ2v) is 7.33. The molecule has 1 atom stereocenters. The summed E-state index contributed by atoms with van der Waals surface area (Å²) >= 11 is 1.37. The number of carbonyl (C=O) groups is 3. The number of rotatable bonds is 7. The highest BCUT2D eigenvalue weighted by atomic mass is 32.2. The SMILES string of the molecule is COc1ccc(C)cc1COC(=O)[C@@H](CSC)N1C(=O)c2ccccc2C1=O. The normalized spacial score (nSPS) is 14.0. The molecule has 3 rings (SSSR count). The van der Waals surface area contributed by atoms with Crippen LogP contribution in [0.25, 0.3) is 0 Å². The maximum Gasteiger partial charge on any atom is 0.330 e. The Morgan fingerprint density at radius 1 is 1.11 bits per heavy atom. The van der Waals surface area contributed by atoms with Gasteiger partial charge in [-0.15, -0.1) is 0 Å². The fourth-order valence-electron chi connectivity index (χ4n) is 3.16. The van der Waals surface area contributed by atoms with Gasteiger partial charge in [-0.2, -0.15) is 11.8 Å². The number of carbonyl (C=O) groups excluding carboxylic acids is 3. The molecule has 2 amide bonds. The van der Waals surface area contributed by atoms with Crippen molar-refractivity contribution >= 4 is 29.5 Å². The van der Waals surface area contributed by atoms with Gasteiger partial charge in [0.15, 0.2) is 0 Å². The summed E-state index contributed by atoms with van der Waals surface area (Å²) in [6.07, 6.45) is 1.81. The van der Waals surface area contributed by atoms with Crippen molar-refractivity contribution in [3.8, 4) is 5.75 Å². The monoisotopic (exact) mass is 399 g/mol. The van der Waals surface area contributed by atoms with Gasteiger partial charge in [0.2, 0.25) is 0 Å². The number of hydrogen-bond donors (Lipinski definition) is 0. The molecule has 0 saturated carbocycles. The molecule has 0 aliphatic carbocycles. The minimum atomic E-state index is -0.988. The topological polar surface area (TPSA) is 72.9 Å². The number of nitrogens with zero attached hydrogens (tertiary/aromatic N) is 1. The van der Waals surface area contributed by atoms with Crippen molar-refractivity contribution < 1.29 is 23.9 Å². The molecule has 0 N–H and O–H groups in total.